The second kappa shape index (κ2) is 8.16. The second-order valence-electron chi connectivity index (χ2n) is 6.79. The molecule has 0 aliphatic carbocycles. The van der Waals surface area contributed by atoms with Crippen molar-refractivity contribution in [2.45, 2.75) is 33.6 Å². The lowest BCUT2D eigenvalue weighted by molar-refractivity contribution is -0.128. The molecule has 0 aliphatic rings. The molecule has 0 fully saturated rings. The largest absolute Gasteiger partial charge is 0.356 e. The van der Waals surface area contributed by atoms with Crippen molar-refractivity contribution >= 4 is 29.1 Å². The monoisotopic (exact) mass is 362 g/mol. The van der Waals surface area contributed by atoms with Crippen molar-refractivity contribution < 1.29 is 9.59 Å². The summed E-state index contributed by atoms with van der Waals surface area (Å²) >= 11 is 6.26. The maximum Gasteiger partial charge on any atom is 0.225 e. The Bertz CT molecular complexity index is 736. The van der Waals surface area contributed by atoms with Crippen molar-refractivity contribution in [3.63, 3.8) is 0 Å². The molecule has 0 saturated carbocycles. The maximum atomic E-state index is 12.0. The number of rotatable bonds is 6. The van der Waals surface area contributed by atoms with E-state index in [1.54, 1.807) is 35.4 Å². The molecule has 0 spiro atoms. The van der Waals surface area contributed by atoms with Crippen LogP contribution in [0.25, 0.3) is 5.69 Å². The van der Waals surface area contributed by atoms with Crippen LogP contribution in [0.1, 0.15) is 33.6 Å². The van der Waals surface area contributed by atoms with Gasteiger partial charge >= 0.3 is 0 Å². The Labute approximate surface area is 152 Å². The van der Waals surface area contributed by atoms with Crippen molar-refractivity contribution in [1.82, 2.24) is 14.9 Å². The first-order valence-corrected chi connectivity index (χ1v) is 8.51. The van der Waals surface area contributed by atoms with Gasteiger partial charge in [0.2, 0.25) is 11.8 Å². The average Bonchev–Trinajstić information content (AvgIpc) is 3.04. The maximum absolute atomic E-state index is 12.0. The highest BCUT2D eigenvalue weighted by molar-refractivity contribution is 6.32. The fraction of sp³-hybridized carbons (Fsp3) is 0.389. The van der Waals surface area contributed by atoms with E-state index < -0.39 is 5.41 Å². The van der Waals surface area contributed by atoms with Crippen LogP contribution in [0.3, 0.4) is 0 Å². The summed E-state index contributed by atoms with van der Waals surface area (Å²) in [4.78, 5) is 27.7. The van der Waals surface area contributed by atoms with Crippen molar-refractivity contribution in [3.05, 3.63) is 41.9 Å². The summed E-state index contributed by atoms with van der Waals surface area (Å²) in [5.74, 6) is -0.133. The number of aromatic nitrogens is 2. The molecule has 1 aromatic heterocycles. The highest BCUT2D eigenvalue weighted by Gasteiger charge is 2.20. The molecule has 134 valence electrons. The number of carbonyl (C=O) groups is 2. The van der Waals surface area contributed by atoms with Gasteiger partial charge in [-0.3, -0.25) is 9.59 Å². The molecule has 0 unspecified atom stereocenters. The predicted octanol–water partition coefficient (Wildman–Crippen LogP) is 3.41. The van der Waals surface area contributed by atoms with Crippen LogP contribution in [-0.2, 0) is 9.59 Å². The van der Waals surface area contributed by atoms with Crippen LogP contribution < -0.4 is 10.6 Å². The second-order valence-corrected chi connectivity index (χ2v) is 7.20. The van der Waals surface area contributed by atoms with Crippen LogP contribution in [0.4, 0.5) is 5.69 Å². The number of nitrogens with zero attached hydrogens (tertiary/aromatic N) is 2. The number of amides is 2. The van der Waals surface area contributed by atoms with E-state index in [2.05, 4.69) is 15.6 Å². The van der Waals surface area contributed by atoms with Gasteiger partial charge in [0, 0.05) is 36.5 Å². The topological polar surface area (TPSA) is 76.0 Å². The predicted molar refractivity (Wildman–Crippen MR) is 98.9 cm³/mol. The van der Waals surface area contributed by atoms with E-state index in [9.17, 15) is 9.59 Å². The molecule has 2 N–H and O–H groups in total. The molecule has 0 atom stereocenters. The van der Waals surface area contributed by atoms with Gasteiger partial charge in [0.1, 0.15) is 0 Å². The number of hydrogen-bond donors (Lipinski definition) is 2. The minimum absolute atomic E-state index is 0.0187. The first-order valence-electron chi connectivity index (χ1n) is 8.13. The minimum Gasteiger partial charge on any atom is -0.356 e. The van der Waals surface area contributed by atoms with Crippen LogP contribution in [-0.4, -0.2) is 27.9 Å². The van der Waals surface area contributed by atoms with Gasteiger partial charge in [-0.2, -0.15) is 0 Å². The molecule has 25 heavy (non-hydrogen) atoms. The minimum atomic E-state index is -0.421. The van der Waals surface area contributed by atoms with Crippen molar-refractivity contribution in [2.75, 3.05) is 11.9 Å². The summed E-state index contributed by atoms with van der Waals surface area (Å²) in [6.07, 6.45) is 6.03. The van der Waals surface area contributed by atoms with E-state index in [0.29, 0.717) is 30.1 Å². The van der Waals surface area contributed by atoms with Gasteiger partial charge in [-0.25, -0.2) is 4.98 Å². The van der Waals surface area contributed by atoms with Crippen LogP contribution in [0.5, 0.6) is 0 Å². The van der Waals surface area contributed by atoms with Gasteiger partial charge in [-0.15, -0.1) is 0 Å². The quantitative estimate of drug-likeness (QED) is 0.773. The van der Waals surface area contributed by atoms with Crippen LogP contribution in [0.2, 0.25) is 5.02 Å². The number of benzene rings is 1. The highest BCUT2D eigenvalue weighted by Crippen LogP contribution is 2.24. The molecule has 0 aliphatic heterocycles. The van der Waals surface area contributed by atoms with E-state index in [4.69, 9.17) is 11.6 Å². The van der Waals surface area contributed by atoms with Gasteiger partial charge < -0.3 is 15.2 Å². The molecular formula is C18H23ClN4O2. The molecule has 0 bridgehead atoms. The third kappa shape index (κ3) is 5.60. The Morgan fingerprint density at radius 1 is 1.28 bits per heavy atom. The molecule has 7 heteroatoms. The van der Waals surface area contributed by atoms with Gasteiger partial charge in [0.15, 0.2) is 0 Å². The van der Waals surface area contributed by atoms with Crippen molar-refractivity contribution in [2.24, 2.45) is 5.41 Å². The number of halogens is 1. The highest BCUT2D eigenvalue weighted by atomic mass is 35.5. The Morgan fingerprint density at radius 3 is 2.64 bits per heavy atom. The number of carbonyl (C=O) groups excluding carboxylic acids is 2. The van der Waals surface area contributed by atoms with E-state index in [1.807, 2.05) is 26.8 Å². The van der Waals surface area contributed by atoms with Crippen LogP contribution in [0, 0.1) is 5.41 Å². The van der Waals surface area contributed by atoms with Crippen LogP contribution >= 0.6 is 11.6 Å². The molecule has 1 heterocycles. The molecule has 2 amide bonds. The standard InChI is InChI=1S/C18H23ClN4O2/c1-18(2,3)17(25)21-8-4-5-16(24)22-13-6-7-15(14(19)11-13)23-10-9-20-12-23/h6-7,9-12H,4-5,8H2,1-3H3,(H,21,25)(H,22,24). The first-order chi connectivity index (χ1) is 11.8. The summed E-state index contributed by atoms with van der Waals surface area (Å²) in [7, 11) is 0. The zero-order valence-electron chi connectivity index (χ0n) is 14.7. The zero-order chi connectivity index (χ0) is 18.4. The lowest BCUT2D eigenvalue weighted by Crippen LogP contribution is -2.35. The molecule has 0 saturated heterocycles. The summed E-state index contributed by atoms with van der Waals surface area (Å²) < 4.78 is 1.80. The van der Waals surface area contributed by atoms with Gasteiger partial charge in [-0.1, -0.05) is 32.4 Å². The molecule has 2 rings (SSSR count). The summed E-state index contributed by atoms with van der Waals surface area (Å²) in [6.45, 7) is 6.04. The summed E-state index contributed by atoms with van der Waals surface area (Å²) in [6, 6.07) is 5.32. The van der Waals surface area contributed by atoms with E-state index >= 15 is 0 Å². The normalized spacial score (nSPS) is 11.2. The van der Waals surface area contributed by atoms with E-state index in [0.717, 1.165) is 5.69 Å². The number of anilines is 1. The zero-order valence-corrected chi connectivity index (χ0v) is 15.4. The molecule has 6 nitrogen and oxygen atoms in total. The smallest absolute Gasteiger partial charge is 0.225 e. The molecule has 2 aromatic rings. The third-order valence-corrected chi connectivity index (χ3v) is 3.86. The Kier molecular flexibility index (Phi) is 6.20. The van der Waals surface area contributed by atoms with Gasteiger partial charge in [0.05, 0.1) is 17.0 Å². The fourth-order valence-electron chi connectivity index (χ4n) is 2.14. The number of imidazole rings is 1. The lowest BCUT2D eigenvalue weighted by Gasteiger charge is -2.17. The Balaban J connectivity index is 1.81. The summed E-state index contributed by atoms with van der Waals surface area (Å²) in [5, 5.41) is 6.16. The molecule has 0 radical (unpaired) electrons. The van der Waals surface area contributed by atoms with Gasteiger partial charge in [-0.05, 0) is 24.6 Å². The van der Waals surface area contributed by atoms with Gasteiger partial charge in [0.25, 0.3) is 0 Å². The first kappa shape index (κ1) is 19.0. The number of nitrogens with one attached hydrogen (secondary N) is 2. The number of hydrogen-bond acceptors (Lipinski definition) is 3. The van der Waals surface area contributed by atoms with Crippen molar-refractivity contribution in [1.29, 1.82) is 0 Å². The summed E-state index contributed by atoms with van der Waals surface area (Å²) in [5.41, 5.74) is 1.01. The SMILES string of the molecule is CC(C)(C)C(=O)NCCCC(=O)Nc1ccc(-n2ccnc2)c(Cl)c1. The van der Waals surface area contributed by atoms with E-state index in [-0.39, 0.29) is 11.8 Å². The van der Waals surface area contributed by atoms with Crippen molar-refractivity contribution in [3.8, 4) is 5.69 Å². The van der Waals surface area contributed by atoms with E-state index in [1.165, 1.54) is 0 Å². The third-order valence-electron chi connectivity index (χ3n) is 3.56. The molecular weight excluding hydrogens is 340 g/mol. The Hall–Kier alpha value is -2.34. The average molecular weight is 363 g/mol. The van der Waals surface area contributed by atoms with Crippen LogP contribution in [0.15, 0.2) is 36.9 Å². The molecule has 1 aromatic carbocycles. The Morgan fingerprint density at radius 2 is 2.04 bits per heavy atom. The lowest BCUT2D eigenvalue weighted by atomic mass is 9.96. The fourth-order valence-corrected chi connectivity index (χ4v) is 2.41.